The number of alkyl halides is 2. The summed E-state index contributed by atoms with van der Waals surface area (Å²) in [7, 11) is 0. The van der Waals surface area contributed by atoms with Gasteiger partial charge in [0, 0.05) is 49.2 Å². The van der Waals surface area contributed by atoms with Crippen molar-refractivity contribution in [3.63, 3.8) is 0 Å². The molecule has 1 amide bonds. The highest BCUT2D eigenvalue weighted by atomic mass is 79.9. The monoisotopic (exact) mass is 1590 g/mol. The predicted molar refractivity (Wildman–Crippen MR) is 453 cm³/mol. The molecule has 0 bridgehead atoms. The van der Waals surface area contributed by atoms with Crippen LogP contribution in [0.3, 0.4) is 0 Å². The number of carbonyl (C=O) groups is 2. The van der Waals surface area contributed by atoms with Crippen LogP contribution in [0.1, 0.15) is 66.8 Å². The first kappa shape index (κ1) is 81.9. The van der Waals surface area contributed by atoms with E-state index in [0.717, 1.165) is 39.7 Å². The van der Waals surface area contributed by atoms with E-state index in [-0.39, 0.29) is 39.0 Å². The Labute approximate surface area is 651 Å². The maximum absolute atomic E-state index is 13.0. The minimum Gasteiger partial charge on any atom is -0.354 e. The molecule has 0 saturated carbocycles. The fourth-order valence-corrected chi connectivity index (χ4v) is 16.5. The number of amides is 1. The molecule has 12 rings (SSSR count). The van der Waals surface area contributed by atoms with Crippen molar-refractivity contribution in [3.05, 3.63) is 431 Å². The molecular weight excluding hydrogens is 1500 g/mol. The Bertz CT molecular complexity index is 3820. The summed E-state index contributed by atoms with van der Waals surface area (Å²) >= 11 is 22.2. The zero-order valence-corrected chi connectivity index (χ0v) is 65.0. The van der Waals surface area contributed by atoms with Gasteiger partial charge in [-0.1, -0.05) is 380 Å². The van der Waals surface area contributed by atoms with Crippen molar-refractivity contribution in [2.24, 2.45) is 11.5 Å². The molecule has 0 saturated heterocycles. The lowest BCUT2D eigenvalue weighted by molar-refractivity contribution is -0.120. The third-order valence-electron chi connectivity index (χ3n) is 16.4. The van der Waals surface area contributed by atoms with E-state index in [2.05, 4.69) is 365 Å². The molecule has 14 heteroatoms. The molecule has 12 aromatic carbocycles. The Morgan fingerprint density at radius 1 is 0.343 bits per heavy atom. The summed E-state index contributed by atoms with van der Waals surface area (Å²) in [6.45, 7) is 2.91. The van der Waals surface area contributed by atoms with Crippen LogP contribution in [0.2, 0.25) is 0 Å². The van der Waals surface area contributed by atoms with Crippen LogP contribution in [0, 0.1) is 0 Å². The molecule has 524 valence electrons. The van der Waals surface area contributed by atoms with Gasteiger partial charge in [-0.05, 0) is 82.7 Å². The number of carbonyl (C=O) groups excluding carboxylic acids is 2. The molecule has 0 spiro atoms. The number of thiol groups is 1. The quantitative estimate of drug-likeness (QED) is 0.0114. The van der Waals surface area contributed by atoms with E-state index in [1.54, 1.807) is 0 Å². The van der Waals surface area contributed by atoms with Gasteiger partial charge in [0.15, 0.2) is 0 Å². The molecule has 0 aliphatic rings. The first-order valence-corrected chi connectivity index (χ1v) is 39.5. The number of nitrogens with two attached hydrogens (primary N) is 2. The molecule has 6 nitrogen and oxygen atoms in total. The Balaban J connectivity index is 0.000000226. The second-order valence-electron chi connectivity index (χ2n) is 23.0. The number of rotatable bonds is 27. The Morgan fingerprint density at radius 2 is 0.529 bits per heavy atom. The van der Waals surface area contributed by atoms with Crippen LogP contribution in [0.15, 0.2) is 364 Å². The van der Waals surface area contributed by atoms with Crippen LogP contribution in [0.4, 0.5) is 0 Å². The summed E-state index contributed by atoms with van der Waals surface area (Å²) in [5.74, 6) is 3.29. The van der Waals surface area contributed by atoms with Crippen molar-refractivity contribution in [2.45, 2.75) is 19.1 Å². The van der Waals surface area contributed by atoms with Gasteiger partial charge < -0.3 is 22.1 Å². The van der Waals surface area contributed by atoms with Crippen LogP contribution < -0.4 is 22.1 Å². The van der Waals surface area contributed by atoms with Crippen molar-refractivity contribution in [1.29, 1.82) is 0 Å². The second-order valence-corrected chi connectivity index (χ2v) is 29.3. The Hall–Kier alpha value is -7.40. The normalized spacial score (nSPS) is 11.0. The largest absolute Gasteiger partial charge is 0.354 e. The van der Waals surface area contributed by atoms with Crippen molar-refractivity contribution in [3.8, 4) is 0 Å². The summed E-state index contributed by atoms with van der Waals surface area (Å²) in [6, 6.07) is 127. The minimum absolute atomic E-state index is 0. The number of benzene rings is 12. The van der Waals surface area contributed by atoms with Gasteiger partial charge in [-0.3, -0.25) is 9.59 Å². The van der Waals surface area contributed by atoms with Gasteiger partial charge in [-0.25, -0.2) is 0 Å². The zero-order chi connectivity index (χ0) is 71.1. The van der Waals surface area contributed by atoms with Gasteiger partial charge in [0.1, 0.15) is 4.87 Å². The van der Waals surface area contributed by atoms with Crippen molar-refractivity contribution < 1.29 is 9.59 Å². The van der Waals surface area contributed by atoms with Gasteiger partial charge in [0.2, 0.25) is 10.6 Å². The van der Waals surface area contributed by atoms with Gasteiger partial charge in [-0.15, -0.1) is 59.3 Å². The minimum atomic E-state index is -0.649. The highest BCUT2D eigenvalue weighted by Gasteiger charge is 2.40. The third kappa shape index (κ3) is 22.6. The van der Waals surface area contributed by atoms with Gasteiger partial charge in [-0.2, -0.15) is 12.6 Å². The number of thioether (sulfide) groups is 3. The van der Waals surface area contributed by atoms with E-state index >= 15 is 0 Å². The molecule has 0 aliphatic heterocycles. The molecule has 0 heterocycles. The summed E-state index contributed by atoms with van der Waals surface area (Å²) < 4.78 is -1.01. The van der Waals surface area contributed by atoms with Crippen LogP contribution in [-0.2, 0) is 28.7 Å². The summed E-state index contributed by atoms with van der Waals surface area (Å²) in [6.07, 6.45) is 0. The van der Waals surface area contributed by atoms with Gasteiger partial charge >= 0.3 is 0 Å². The first-order valence-electron chi connectivity index (χ1n) is 33.6. The standard InChI is InChI=1S/C44H42N2OS2.C21H21NS.C19H15Cl.C2H2Br2O.C2H7NS.ClH/c47-42(46-32-34-49-44(39-25-13-4-14-26-39,40-27-15-5-16-28-40)41-29-17-6-18-30-41)35-45-31-33-48-43(36-19-7-1-8-20-36,37-21-9-2-10-22-37)38-23-11-3-12-24-38;22-16-17-23-21(18-10-4-1-5-11-18,19-12-6-2-7-13-19)20-14-8-3-9-15-20;20-19(16-10-4-1-5-11-16,17-12-6-2-7-13-17)18-14-8-3-9-15-18;3-1-2(4)5;3-1-2-4;/h1-30,45H,31-35H2,(H,46,47);1-15H,16-17,22H2;1-15H;1H2;4H,1-3H2;1H. The molecule has 6 N–H and O–H groups in total. The Kier molecular flexibility index (Phi) is 36.1. The predicted octanol–water partition coefficient (Wildman–Crippen LogP) is 20.6. The molecule has 12 aromatic rings. The van der Waals surface area contributed by atoms with Crippen molar-refractivity contribution in [1.82, 2.24) is 10.6 Å². The summed E-state index contributed by atoms with van der Waals surface area (Å²) in [5.41, 5.74) is 25.3. The Morgan fingerprint density at radius 3 is 0.716 bits per heavy atom. The van der Waals surface area contributed by atoms with Crippen LogP contribution in [0.25, 0.3) is 0 Å². The van der Waals surface area contributed by atoms with Gasteiger partial charge in [0.05, 0.1) is 26.1 Å². The first-order chi connectivity index (χ1) is 49.6. The third-order valence-corrected chi connectivity index (χ3v) is 23.6. The highest BCUT2D eigenvalue weighted by molar-refractivity contribution is 9.19. The van der Waals surface area contributed by atoms with E-state index in [1.165, 1.54) is 50.1 Å². The maximum Gasteiger partial charge on any atom is 0.233 e. The smallest absolute Gasteiger partial charge is 0.233 e. The number of hydrogen-bond donors (Lipinski definition) is 5. The number of hydrogen-bond acceptors (Lipinski definition) is 9. The van der Waals surface area contributed by atoms with Crippen LogP contribution in [0.5, 0.6) is 0 Å². The van der Waals surface area contributed by atoms with E-state index < -0.39 is 9.62 Å². The molecule has 0 atom stereocenters. The maximum atomic E-state index is 13.0. The van der Waals surface area contributed by atoms with E-state index in [0.29, 0.717) is 31.5 Å². The second kappa shape index (κ2) is 45.0. The zero-order valence-electron chi connectivity index (χ0n) is 56.9. The summed E-state index contributed by atoms with van der Waals surface area (Å²) in [4.78, 5) is 22.0. The van der Waals surface area contributed by atoms with Crippen molar-refractivity contribution in [2.75, 3.05) is 61.1 Å². The molecule has 0 fully saturated rings. The SMILES string of the molecule is Cl.ClC(c1ccccc1)(c1ccccc1)c1ccccc1.NCCS.NCCSC(c1ccccc1)(c1ccccc1)c1ccccc1.O=C(Br)CBr.O=C(CNCCSC(c1ccccc1)(c1ccccc1)c1ccccc1)NCCSC(c1ccccc1)(c1ccccc1)c1ccccc1. The van der Waals surface area contributed by atoms with E-state index in [1.807, 2.05) is 89.9 Å². The van der Waals surface area contributed by atoms with Crippen LogP contribution in [-0.4, -0.2) is 71.7 Å². The number of nitrogens with one attached hydrogen (secondary N) is 2. The summed E-state index contributed by atoms with van der Waals surface area (Å²) in [5, 5.41) is 6.97. The highest BCUT2D eigenvalue weighted by Crippen LogP contribution is 2.51. The average Bonchev–Trinajstić information content (AvgIpc) is 0.782. The average molecular weight is 1590 g/mol. The van der Waals surface area contributed by atoms with Gasteiger partial charge in [0.25, 0.3) is 0 Å². The van der Waals surface area contributed by atoms with E-state index in [4.69, 9.17) is 23.1 Å². The molecular formula is C88H88Br2Cl2N4O2S4. The lowest BCUT2D eigenvalue weighted by Gasteiger charge is -2.35. The lowest BCUT2D eigenvalue weighted by atomic mass is 9.84. The lowest BCUT2D eigenvalue weighted by Crippen LogP contribution is -2.37. The molecule has 0 aliphatic carbocycles. The van der Waals surface area contributed by atoms with Crippen molar-refractivity contribution >= 4 is 114 Å². The number of halogens is 4. The fourth-order valence-electron chi connectivity index (χ4n) is 12.0. The molecule has 102 heavy (non-hydrogen) atoms. The topological polar surface area (TPSA) is 110 Å². The molecule has 0 unspecified atom stereocenters. The molecule has 0 radical (unpaired) electrons. The fraction of sp³-hybridized carbons (Fsp3) is 0.159. The van der Waals surface area contributed by atoms with E-state index in [9.17, 15) is 9.59 Å². The van der Waals surface area contributed by atoms with Crippen LogP contribution >= 0.6 is 104 Å². The molecule has 0 aromatic heterocycles.